The van der Waals surface area contributed by atoms with Crippen LogP contribution in [0.3, 0.4) is 0 Å². The standard InChI is InChI=1S/C9H14BrFN2O/c1-7(2)14-6-9-8(10)5-13(12-9)4-3-11/h5,7H,3-4,6H2,1-2H3. The van der Waals surface area contributed by atoms with Crippen molar-refractivity contribution in [3.8, 4) is 0 Å². The molecule has 0 aliphatic carbocycles. The number of alkyl halides is 1. The van der Waals surface area contributed by atoms with E-state index < -0.39 is 6.67 Å². The zero-order valence-corrected chi connectivity index (χ0v) is 9.92. The van der Waals surface area contributed by atoms with Crippen LogP contribution in [0, 0.1) is 0 Å². The molecule has 1 aromatic rings. The molecule has 0 radical (unpaired) electrons. The molecule has 0 saturated carbocycles. The number of nitrogens with zero attached hydrogens (tertiary/aromatic N) is 2. The lowest BCUT2D eigenvalue weighted by atomic mass is 10.4. The molecule has 0 spiro atoms. The normalized spacial score (nSPS) is 11.2. The van der Waals surface area contributed by atoms with E-state index in [1.807, 2.05) is 13.8 Å². The van der Waals surface area contributed by atoms with Gasteiger partial charge in [-0.05, 0) is 29.8 Å². The number of ether oxygens (including phenoxy) is 1. The van der Waals surface area contributed by atoms with Gasteiger partial charge in [-0.25, -0.2) is 4.39 Å². The van der Waals surface area contributed by atoms with Crippen molar-refractivity contribution in [1.29, 1.82) is 0 Å². The lowest BCUT2D eigenvalue weighted by Crippen LogP contribution is -2.05. The monoisotopic (exact) mass is 264 g/mol. The van der Waals surface area contributed by atoms with Gasteiger partial charge in [0, 0.05) is 6.20 Å². The van der Waals surface area contributed by atoms with E-state index in [4.69, 9.17) is 4.74 Å². The zero-order chi connectivity index (χ0) is 10.6. The third-order valence-corrected chi connectivity index (χ3v) is 2.32. The second-order valence-electron chi connectivity index (χ2n) is 3.24. The molecular formula is C9H14BrFN2O. The summed E-state index contributed by atoms with van der Waals surface area (Å²) >= 11 is 3.35. The van der Waals surface area contributed by atoms with Crippen LogP contribution in [0.25, 0.3) is 0 Å². The first kappa shape index (κ1) is 11.7. The molecule has 0 fully saturated rings. The maximum atomic E-state index is 12.0. The second-order valence-corrected chi connectivity index (χ2v) is 4.09. The van der Waals surface area contributed by atoms with Crippen molar-refractivity contribution in [3.05, 3.63) is 16.4 Å². The van der Waals surface area contributed by atoms with Crippen LogP contribution in [-0.2, 0) is 17.9 Å². The smallest absolute Gasteiger partial charge is 0.109 e. The highest BCUT2D eigenvalue weighted by molar-refractivity contribution is 9.10. The Morgan fingerprint density at radius 2 is 2.36 bits per heavy atom. The average Bonchev–Trinajstić information content (AvgIpc) is 2.44. The SMILES string of the molecule is CC(C)OCc1nn(CCF)cc1Br. The summed E-state index contributed by atoms with van der Waals surface area (Å²) < 4.78 is 19.9. The van der Waals surface area contributed by atoms with Gasteiger partial charge >= 0.3 is 0 Å². The fourth-order valence-corrected chi connectivity index (χ4v) is 1.41. The molecule has 0 unspecified atom stereocenters. The predicted molar refractivity (Wildman–Crippen MR) is 55.8 cm³/mol. The number of aromatic nitrogens is 2. The van der Waals surface area contributed by atoms with Crippen LogP contribution in [-0.4, -0.2) is 22.6 Å². The summed E-state index contributed by atoms with van der Waals surface area (Å²) in [6, 6.07) is 0. The lowest BCUT2D eigenvalue weighted by molar-refractivity contribution is 0.0629. The molecule has 3 nitrogen and oxygen atoms in total. The third-order valence-electron chi connectivity index (χ3n) is 1.65. The van der Waals surface area contributed by atoms with Crippen molar-refractivity contribution in [1.82, 2.24) is 9.78 Å². The Balaban J connectivity index is 2.58. The summed E-state index contributed by atoms with van der Waals surface area (Å²) in [6.07, 6.45) is 1.94. The summed E-state index contributed by atoms with van der Waals surface area (Å²) in [4.78, 5) is 0. The number of halogens is 2. The van der Waals surface area contributed by atoms with Gasteiger partial charge in [0.1, 0.15) is 12.4 Å². The highest BCUT2D eigenvalue weighted by Crippen LogP contribution is 2.16. The molecule has 0 aliphatic rings. The van der Waals surface area contributed by atoms with Gasteiger partial charge < -0.3 is 4.74 Å². The maximum absolute atomic E-state index is 12.0. The number of hydrogen-bond acceptors (Lipinski definition) is 2. The summed E-state index contributed by atoms with van der Waals surface area (Å²) in [6.45, 7) is 4.27. The molecule has 0 amide bonds. The molecule has 0 atom stereocenters. The highest BCUT2D eigenvalue weighted by Gasteiger charge is 2.07. The molecule has 5 heteroatoms. The summed E-state index contributed by atoms with van der Waals surface area (Å²) in [5.74, 6) is 0. The topological polar surface area (TPSA) is 27.1 Å². The van der Waals surface area contributed by atoms with E-state index in [1.54, 1.807) is 10.9 Å². The van der Waals surface area contributed by atoms with E-state index in [0.717, 1.165) is 10.2 Å². The van der Waals surface area contributed by atoms with Gasteiger partial charge in [0.05, 0.1) is 23.7 Å². The van der Waals surface area contributed by atoms with Gasteiger partial charge in [-0.1, -0.05) is 0 Å². The van der Waals surface area contributed by atoms with Crippen LogP contribution in [0.1, 0.15) is 19.5 Å². The summed E-state index contributed by atoms with van der Waals surface area (Å²) in [5.41, 5.74) is 0.812. The van der Waals surface area contributed by atoms with Gasteiger partial charge in [0.15, 0.2) is 0 Å². The van der Waals surface area contributed by atoms with Gasteiger partial charge in [0.2, 0.25) is 0 Å². The van der Waals surface area contributed by atoms with Gasteiger partial charge in [-0.3, -0.25) is 4.68 Å². The van der Waals surface area contributed by atoms with Crippen molar-refractivity contribution in [3.63, 3.8) is 0 Å². The lowest BCUT2D eigenvalue weighted by Gasteiger charge is -2.04. The van der Waals surface area contributed by atoms with Gasteiger partial charge in [0.25, 0.3) is 0 Å². The van der Waals surface area contributed by atoms with Crippen molar-refractivity contribution < 1.29 is 9.13 Å². The minimum atomic E-state index is -0.404. The summed E-state index contributed by atoms with van der Waals surface area (Å²) in [7, 11) is 0. The number of rotatable bonds is 5. The van der Waals surface area contributed by atoms with Crippen LogP contribution < -0.4 is 0 Å². The van der Waals surface area contributed by atoms with E-state index in [9.17, 15) is 4.39 Å². The predicted octanol–water partition coefficient (Wildman–Crippen LogP) is 2.54. The van der Waals surface area contributed by atoms with Crippen molar-refractivity contribution in [2.75, 3.05) is 6.67 Å². The maximum Gasteiger partial charge on any atom is 0.109 e. The largest absolute Gasteiger partial charge is 0.372 e. The molecule has 0 aliphatic heterocycles. The van der Waals surface area contributed by atoms with E-state index in [0.29, 0.717) is 13.2 Å². The number of aryl methyl sites for hydroxylation is 1. The van der Waals surface area contributed by atoms with Crippen molar-refractivity contribution >= 4 is 15.9 Å². The molecule has 1 heterocycles. The van der Waals surface area contributed by atoms with Gasteiger partial charge in [-0.2, -0.15) is 5.10 Å². The van der Waals surface area contributed by atoms with Crippen LogP contribution in [0.15, 0.2) is 10.7 Å². The first-order chi connectivity index (χ1) is 6.63. The Labute approximate surface area is 91.4 Å². The Hall–Kier alpha value is -0.420. The zero-order valence-electron chi connectivity index (χ0n) is 8.33. The molecule has 0 N–H and O–H groups in total. The van der Waals surface area contributed by atoms with Crippen LogP contribution in [0.4, 0.5) is 4.39 Å². The van der Waals surface area contributed by atoms with Crippen molar-refractivity contribution in [2.45, 2.75) is 33.1 Å². The average molecular weight is 265 g/mol. The van der Waals surface area contributed by atoms with E-state index >= 15 is 0 Å². The Kier molecular flexibility index (Phi) is 4.54. The van der Waals surface area contributed by atoms with E-state index in [-0.39, 0.29) is 6.10 Å². The fraction of sp³-hybridized carbons (Fsp3) is 0.667. The summed E-state index contributed by atoms with van der Waals surface area (Å²) in [5, 5.41) is 4.18. The highest BCUT2D eigenvalue weighted by atomic mass is 79.9. The molecular weight excluding hydrogens is 251 g/mol. The molecule has 0 aromatic carbocycles. The van der Waals surface area contributed by atoms with E-state index in [2.05, 4.69) is 21.0 Å². The third kappa shape index (κ3) is 3.38. The number of hydrogen-bond donors (Lipinski definition) is 0. The molecule has 80 valence electrons. The van der Waals surface area contributed by atoms with Crippen LogP contribution >= 0.6 is 15.9 Å². The first-order valence-corrected chi connectivity index (χ1v) is 5.32. The molecule has 1 rings (SSSR count). The second kappa shape index (κ2) is 5.46. The Morgan fingerprint density at radius 1 is 1.64 bits per heavy atom. The first-order valence-electron chi connectivity index (χ1n) is 4.53. The molecule has 0 bridgehead atoms. The Bertz CT molecular complexity index is 288. The van der Waals surface area contributed by atoms with Crippen LogP contribution in [0.2, 0.25) is 0 Å². The minimum Gasteiger partial charge on any atom is -0.372 e. The van der Waals surface area contributed by atoms with Crippen molar-refractivity contribution in [2.24, 2.45) is 0 Å². The fourth-order valence-electron chi connectivity index (χ4n) is 0.982. The quantitative estimate of drug-likeness (QED) is 0.818. The van der Waals surface area contributed by atoms with Gasteiger partial charge in [-0.15, -0.1) is 0 Å². The van der Waals surface area contributed by atoms with E-state index in [1.165, 1.54) is 0 Å². The molecule has 14 heavy (non-hydrogen) atoms. The Morgan fingerprint density at radius 3 is 2.93 bits per heavy atom. The molecule has 0 saturated heterocycles. The molecule has 1 aromatic heterocycles. The van der Waals surface area contributed by atoms with Crippen LogP contribution in [0.5, 0.6) is 0 Å². The minimum absolute atomic E-state index is 0.174.